The number of anilines is 1. The standard InChI is InChI=1S/C18H13NS/c19-15-11-10-13(12-6-2-1-3-7-12)17-14-8-4-5-9-16(14)20-18(15)17/h1-11H,19H2. The predicted molar refractivity (Wildman–Crippen MR) is 89.2 cm³/mol. The maximum atomic E-state index is 6.18. The lowest BCUT2D eigenvalue weighted by molar-refractivity contribution is 1.67. The van der Waals surface area contributed by atoms with Crippen molar-refractivity contribution in [2.45, 2.75) is 0 Å². The molecule has 0 saturated heterocycles. The van der Waals surface area contributed by atoms with Crippen LogP contribution < -0.4 is 5.73 Å². The first-order chi connectivity index (χ1) is 9.84. The van der Waals surface area contributed by atoms with E-state index < -0.39 is 0 Å². The lowest BCUT2D eigenvalue weighted by atomic mass is 9.99. The van der Waals surface area contributed by atoms with Crippen LogP contribution in [0.5, 0.6) is 0 Å². The van der Waals surface area contributed by atoms with Crippen molar-refractivity contribution >= 4 is 37.2 Å². The predicted octanol–water partition coefficient (Wildman–Crippen LogP) is 5.30. The first-order valence-electron chi connectivity index (χ1n) is 6.60. The zero-order valence-electron chi connectivity index (χ0n) is 10.8. The summed E-state index contributed by atoms with van der Waals surface area (Å²) in [5.41, 5.74) is 9.53. The van der Waals surface area contributed by atoms with Gasteiger partial charge in [0.25, 0.3) is 0 Å². The summed E-state index contributed by atoms with van der Waals surface area (Å²) in [5, 5.41) is 2.57. The Morgan fingerprint density at radius 1 is 0.750 bits per heavy atom. The summed E-state index contributed by atoms with van der Waals surface area (Å²) < 4.78 is 2.48. The van der Waals surface area contributed by atoms with E-state index in [9.17, 15) is 0 Å². The molecule has 4 aromatic rings. The van der Waals surface area contributed by atoms with Crippen molar-refractivity contribution in [1.82, 2.24) is 0 Å². The third kappa shape index (κ3) is 1.62. The van der Waals surface area contributed by atoms with E-state index in [1.54, 1.807) is 11.3 Å². The van der Waals surface area contributed by atoms with Gasteiger partial charge in [-0.05, 0) is 23.3 Å². The van der Waals surface area contributed by atoms with Crippen molar-refractivity contribution in [2.24, 2.45) is 0 Å². The van der Waals surface area contributed by atoms with Crippen molar-refractivity contribution < 1.29 is 0 Å². The molecule has 2 heteroatoms. The maximum absolute atomic E-state index is 6.18. The fourth-order valence-electron chi connectivity index (χ4n) is 2.71. The van der Waals surface area contributed by atoms with E-state index >= 15 is 0 Å². The second-order valence-electron chi connectivity index (χ2n) is 4.87. The van der Waals surface area contributed by atoms with E-state index in [2.05, 4.69) is 54.6 Å². The van der Waals surface area contributed by atoms with Crippen LogP contribution >= 0.6 is 11.3 Å². The maximum Gasteiger partial charge on any atom is 0.0591 e. The molecule has 0 aliphatic rings. The van der Waals surface area contributed by atoms with Gasteiger partial charge in [-0.2, -0.15) is 0 Å². The molecule has 20 heavy (non-hydrogen) atoms. The number of fused-ring (bicyclic) bond motifs is 3. The summed E-state index contributed by atoms with van der Waals surface area (Å²) >= 11 is 1.77. The van der Waals surface area contributed by atoms with Gasteiger partial charge < -0.3 is 5.73 Å². The van der Waals surface area contributed by atoms with Gasteiger partial charge in [0.15, 0.2) is 0 Å². The second-order valence-corrected chi connectivity index (χ2v) is 5.92. The molecule has 0 aliphatic carbocycles. The van der Waals surface area contributed by atoms with Gasteiger partial charge in [-0.3, -0.25) is 0 Å². The van der Waals surface area contributed by atoms with Gasteiger partial charge in [0.1, 0.15) is 0 Å². The molecule has 2 N–H and O–H groups in total. The van der Waals surface area contributed by atoms with Crippen LogP contribution in [0.2, 0.25) is 0 Å². The topological polar surface area (TPSA) is 26.0 Å². The van der Waals surface area contributed by atoms with Gasteiger partial charge in [-0.1, -0.05) is 54.6 Å². The Morgan fingerprint density at radius 2 is 1.50 bits per heavy atom. The van der Waals surface area contributed by atoms with Crippen molar-refractivity contribution in [2.75, 3.05) is 5.73 Å². The van der Waals surface area contributed by atoms with Crippen LogP contribution in [-0.2, 0) is 0 Å². The average molecular weight is 275 g/mol. The van der Waals surface area contributed by atoms with Crippen LogP contribution in [-0.4, -0.2) is 0 Å². The minimum Gasteiger partial charge on any atom is -0.398 e. The summed E-state index contributed by atoms with van der Waals surface area (Å²) in [4.78, 5) is 0. The fourth-order valence-corrected chi connectivity index (χ4v) is 3.86. The highest BCUT2D eigenvalue weighted by Gasteiger charge is 2.12. The number of rotatable bonds is 1. The zero-order chi connectivity index (χ0) is 13.5. The van der Waals surface area contributed by atoms with Gasteiger partial charge in [0, 0.05) is 21.2 Å². The molecule has 0 aliphatic heterocycles. The van der Waals surface area contributed by atoms with Gasteiger partial charge in [0.05, 0.1) is 4.70 Å². The highest BCUT2D eigenvalue weighted by Crippen LogP contribution is 2.42. The molecule has 0 unspecified atom stereocenters. The number of thiophene rings is 1. The van der Waals surface area contributed by atoms with E-state index in [1.165, 1.54) is 31.3 Å². The van der Waals surface area contributed by atoms with Crippen LogP contribution in [0.1, 0.15) is 0 Å². The summed E-state index contributed by atoms with van der Waals surface area (Å²) in [6, 6.07) is 23.2. The minimum absolute atomic E-state index is 0.862. The SMILES string of the molecule is Nc1ccc(-c2ccccc2)c2c1sc1ccccc12. The van der Waals surface area contributed by atoms with Crippen LogP contribution in [0.4, 0.5) is 5.69 Å². The molecule has 0 saturated carbocycles. The van der Waals surface area contributed by atoms with Crippen molar-refractivity contribution in [3.63, 3.8) is 0 Å². The molecule has 0 spiro atoms. The van der Waals surface area contributed by atoms with E-state index in [0.717, 1.165) is 5.69 Å². The molecule has 1 nitrogen and oxygen atoms in total. The van der Waals surface area contributed by atoms with Crippen molar-refractivity contribution in [3.8, 4) is 11.1 Å². The molecule has 0 bridgehead atoms. The number of benzene rings is 3. The lowest BCUT2D eigenvalue weighted by Gasteiger charge is -2.06. The summed E-state index contributed by atoms with van der Waals surface area (Å²) in [5.74, 6) is 0. The molecule has 96 valence electrons. The molecule has 0 amide bonds. The quantitative estimate of drug-likeness (QED) is 0.468. The summed E-state index contributed by atoms with van der Waals surface area (Å²) in [6.07, 6.45) is 0. The third-order valence-corrected chi connectivity index (χ3v) is 4.86. The van der Waals surface area contributed by atoms with Crippen LogP contribution in [0.3, 0.4) is 0 Å². The Bertz CT molecular complexity index is 907. The minimum atomic E-state index is 0.862. The highest BCUT2D eigenvalue weighted by atomic mass is 32.1. The molecule has 0 radical (unpaired) electrons. The lowest BCUT2D eigenvalue weighted by Crippen LogP contribution is -1.86. The van der Waals surface area contributed by atoms with Crippen molar-refractivity contribution in [1.29, 1.82) is 0 Å². The molecule has 0 atom stereocenters. The number of nitrogens with two attached hydrogens (primary N) is 1. The van der Waals surface area contributed by atoms with E-state index in [1.807, 2.05) is 12.1 Å². The highest BCUT2D eigenvalue weighted by molar-refractivity contribution is 7.26. The molecule has 0 fully saturated rings. The number of hydrogen-bond acceptors (Lipinski definition) is 2. The Hall–Kier alpha value is -2.32. The van der Waals surface area contributed by atoms with Crippen molar-refractivity contribution in [3.05, 3.63) is 66.7 Å². The van der Waals surface area contributed by atoms with E-state index in [-0.39, 0.29) is 0 Å². The van der Waals surface area contributed by atoms with E-state index in [0.29, 0.717) is 0 Å². The fraction of sp³-hybridized carbons (Fsp3) is 0. The Labute approximate surface area is 121 Å². The second kappa shape index (κ2) is 4.36. The molecule has 4 rings (SSSR count). The Morgan fingerprint density at radius 3 is 2.35 bits per heavy atom. The molecule has 1 aromatic heterocycles. The van der Waals surface area contributed by atoms with Crippen LogP contribution in [0.25, 0.3) is 31.3 Å². The smallest absolute Gasteiger partial charge is 0.0591 e. The number of nitrogen functional groups attached to an aromatic ring is 1. The first kappa shape index (κ1) is 11.5. The molecular formula is C18H13NS. The zero-order valence-corrected chi connectivity index (χ0v) is 11.7. The third-order valence-electron chi connectivity index (χ3n) is 3.64. The van der Waals surface area contributed by atoms with Gasteiger partial charge in [-0.15, -0.1) is 11.3 Å². The van der Waals surface area contributed by atoms with Crippen LogP contribution in [0.15, 0.2) is 66.7 Å². The molecule has 1 heterocycles. The Balaban J connectivity index is 2.19. The van der Waals surface area contributed by atoms with Gasteiger partial charge in [-0.25, -0.2) is 0 Å². The average Bonchev–Trinajstić information content (AvgIpc) is 2.89. The largest absolute Gasteiger partial charge is 0.398 e. The van der Waals surface area contributed by atoms with Gasteiger partial charge in [0.2, 0.25) is 0 Å². The monoisotopic (exact) mass is 275 g/mol. The Kier molecular flexibility index (Phi) is 2.51. The normalized spacial score (nSPS) is 11.2. The van der Waals surface area contributed by atoms with E-state index in [4.69, 9.17) is 5.73 Å². The van der Waals surface area contributed by atoms with Gasteiger partial charge >= 0.3 is 0 Å². The molecular weight excluding hydrogens is 262 g/mol. The number of hydrogen-bond donors (Lipinski definition) is 1. The molecule has 3 aromatic carbocycles. The first-order valence-corrected chi connectivity index (χ1v) is 7.41. The summed E-state index contributed by atoms with van der Waals surface area (Å²) in [7, 11) is 0. The summed E-state index contributed by atoms with van der Waals surface area (Å²) in [6.45, 7) is 0. The van der Waals surface area contributed by atoms with Crippen LogP contribution in [0, 0.1) is 0 Å².